The molecular formula is C23H26N2O2S. The highest BCUT2D eigenvalue weighted by atomic mass is 32.1. The number of amides is 1. The summed E-state index contributed by atoms with van der Waals surface area (Å²) in [6, 6.07) is 16.3. The van der Waals surface area contributed by atoms with Crippen molar-refractivity contribution in [2.75, 3.05) is 0 Å². The van der Waals surface area contributed by atoms with E-state index in [2.05, 4.69) is 41.5 Å². The third-order valence-corrected chi connectivity index (χ3v) is 5.43. The first kappa shape index (κ1) is 20.1. The Hall–Kier alpha value is -2.66. The molecule has 1 N–H and O–H groups in total. The number of thiazole rings is 1. The zero-order valence-corrected chi connectivity index (χ0v) is 17.4. The molecule has 1 aromatic heterocycles. The van der Waals surface area contributed by atoms with Gasteiger partial charge in [-0.2, -0.15) is 0 Å². The van der Waals surface area contributed by atoms with Gasteiger partial charge in [0.2, 0.25) is 5.91 Å². The number of aromatic nitrogens is 1. The smallest absolute Gasteiger partial charge is 0.226 e. The number of hydrogen-bond donors (Lipinski definition) is 1. The molecule has 0 fully saturated rings. The Labute approximate surface area is 170 Å². The van der Waals surface area contributed by atoms with E-state index in [9.17, 15) is 4.79 Å². The van der Waals surface area contributed by atoms with Gasteiger partial charge in [-0.3, -0.25) is 4.79 Å². The molecule has 0 aliphatic rings. The molecule has 1 heterocycles. The lowest BCUT2D eigenvalue weighted by atomic mass is 10.0. The third-order valence-electron chi connectivity index (χ3n) is 4.56. The van der Waals surface area contributed by atoms with E-state index in [0.717, 1.165) is 34.0 Å². The van der Waals surface area contributed by atoms with Crippen LogP contribution in [0.2, 0.25) is 0 Å². The van der Waals surface area contributed by atoms with E-state index in [0.29, 0.717) is 6.61 Å². The topological polar surface area (TPSA) is 51.2 Å². The van der Waals surface area contributed by atoms with Gasteiger partial charge in [0.25, 0.3) is 0 Å². The summed E-state index contributed by atoms with van der Waals surface area (Å²) in [7, 11) is 0. The molecule has 0 bridgehead atoms. The van der Waals surface area contributed by atoms with Crippen molar-refractivity contribution in [1.82, 2.24) is 10.3 Å². The first-order chi connectivity index (χ1) is 13.5. The Kier molecular flexibility index (Phi) is 6.82. The zero-order chi connectivity index (χ0) is 19.9. The standard InChI is InChI=1S/C23H26N2O2S/c1-4-18-8-10-19(11-9-18)17(3)24-22(26)13-20-15-28-23(25-20)14-27-21-7-5-6-16(2)12-21/h5-12,15,17H,4,13-14H2,1-3H3,(H,24,26)/t17-/m1/s1. The van der Waals surface area contributed by atoms with E-state index < -0.39 is 0 Å². The fourth-order valence-electron chi connectivity index (χ4n) is 2.93. The van der Waals surface area contributed by atoms with Crippen molar-refractivity contribution in [3.05, 3.63) is 81.3 Å². The summed E-state index contributed by atoms with van der Waals surface area (Å²) < 4.78 is 5.78. The van der Waals surface area contributed by atoms with Gasteiger partial charge in [0.1, 0.15) is 17.4 Å². The zero-order valence-electron chi connectivity index (χ0n) is 16.6. The highest BCUT2D eigenvalue weighted by Gasteiger charge is 2.12. The molecule has 0 aliphatic heterocycles. The van der Waals surface area contributed by atoms with Crippen molar-refractivity contribution in [2.45, 2.75) is 46.3 Å². The van der Waals surface area contributed by atoms with Gasteiger partial charge in [-0.15, -0.1) is 11.3 Å². The summed E-state index contributed by atoms with van der Waals surface area (Å²) in [6.07, 6.45) is 1.29. The molecule has 3 aromatic rings. The number of carbonyl (C=O) groups excluding carboxylic acids is 1. The Balaban J connectivity index is 1.50. The molecule has 2 aromatic carbocycles. The molecule has 0 saturated carbocycles. The molecule has 1 amide bonds. The molecule has 5 heteroatoms. The van der Waals surface area contributed by atoms with Crippen LogP contribution in [0.15, 0.2) is 53.9 Å². The molecule has 28 heavy (non-hydrogen) atoms. The molecule has 0 radical (unpaired) electrons. The minimum atomic E-state index is -0.0267. The average molecular weight is 395 g/mol. The Bertz CT molecular complexity index is 918. The molecule has 4 nitrogen and oxygen atoms in total. The van der Waals surface area contributed by atoms with Crippen molar-refractivity contribution < 1.29 is 9.53 Å². The lowest BCUT2D eigenvalue weighted by molar-refractivity contribution is -0.121. The molecule has 0 saturated heterocycles. The van der Waals surface area contributed by atoms with Gasteiger partial charge in [-0.1, -0.05) is 43.3 Å². The van der Waals surface area contributed by atoms with Gasteiger partial charge < -0.3 is 10.1 Å². The largest absolute Gasteiger partial charge is 0.486 e. The number of benzene rings is 2. The van der Waals surface area contributed by atoms with Crippen LogP contribution in [0.3, 0.4) is 0 Å². The van der Waals surface area contributed by atoms with Crippen molar-refractivity contribution in [3.63, 3.8) is 0 Å². The van der Waals surface area contributed by atoms with Crippen LogP contribution in [-0.4, -0.2) is 10.9 Å². The Morgan fingerprint density at radius 1 is 1.21 bits per heavy atom. The Morgan fingerprint density at radius 3 is 2.71 bits per heavy atom. The quantitative estimate of drug-likeness (QED) is 0.584. The van der Waals surface area contributed by atoms with Crippen LogP contribution in [0.1, 0.15) is 47.3 Å². The van der Waals surface area contributed by atoms with Gasteiger partial charge >= 0.3 is 0 Å². The fourth-order valence-corrected chi connectivity index (χ4v) is 3.63. The summed E-state index contributed by atoms with van der Waals surface area (Å²) in [5.74, 6) is 0.806. The minimum Gasteiger partial charge on any atom is -0.486 e. The normalized spacial score (nSPS) is 11.8. The maximum atomic E-state index is 12.4. The van der Waals surface area contributed by atoms with Crippen LogP contribution < -0.4 is 10.1 Å². The van der Waals surface area contributed by atoms with Gasteiger partial charge in [0.05, 0.1) is 18.2 Å². The second kappa shape index (κ2) is 9.51. The number of nitrogens with zero attached hydrogens (tertiary/aromatic N) is 1. The second-order valence-electron chi connectivity index (χ2n) is 6.90. The van der Waals surface area contributed by atoms with Crippen molar-refractivity contribution in [2.24, 2.45) is 0 Å². The number of hydrogen-bond acceptors (Lipinski definition) is 4. The van der Waals surface area contributed by atoms with E-state index in [-0.39, 0.29) is 18.4 Å². The summed E-state index contributed by atoms with van der Waals surface area (Å²) in [6.45, 7) is 6.58. The minimum absolute atomic E-state index is 0.0245. The predicted molar refractivity (Wildman–Crippen MR) is 114 cm³/mol. The lowest BCUT2D eigenvalue weighted by Gasteiger charge is -2.14. The summed E-state index contributed by atoms with van der Waals surface area (Å²) in [5.41, 5.74) is 4.34. The molecule has 0 aliphatic carbocycles. The maximum absolute atomic E-state index is 12.4. The van der Waals surface area contributed by atoms with E-state index in [1.54, 1.807) is 0 Å². The number of nitrogens with one attached hydrogen (secondary N) is 1. The summed E-state index contributed by atoms with van der Waals surface area (Å²) in [5, 5.41) is 5.84. The molecule has 0 spiro atoms. The monoisotopic (exact) mass is 394 g/mol. The number of ether oxygens (including phenoxy) is 1. The highest BCUT2D eigenvalue weighted by molar-refractivity contribution is 7.09. The van der Waals surface area contributed by atoms with Gasteiger partial charge in [0.15, 0.2) is 0 Å². The predicted octanol–water partition coefficient (Wildman–Crippen LogP) is 5.01. The van der Waals surface area contributed by atoms with Gasteiger partial charge in [0, 0.05) is 5.38 Å². The lowest BCUT2D eigenvalue weighted by Crippen LogP contribution is -2.28. The van der Waals surface area contributed by atoms with E-state index in [4.69, 9.17) is 4.74 Å². The van der Waals surface area contributed by atoms with Crippen molar-refractivity contribution >= 4 is 17.2 Å². The van der Waals surface area contributed by atoms with Crippen LogP contribution in [0.4, 0.5) is 0 Å². The van der Waals surface area contributed by atoms with Crippen LogP contribution in [-0.2, 0) is 24.2 Å². The van der Waals surface area contributed by atoms with Gasteiger partial charge in [-0.25, -0.2) is 4.98 Å². The molecule has 1 atom stereocenters. The number of carbonyl (C=O) groups is 1. The molecule has 146 valence electrons. The molecular weight excluding hydrogens is 368 g/mol. The van der Waals surface area contributed by atoms with Crippen LogP contribution >= 0.6 is 11.3 Å². The van der Waals surface area contributed by atoms with E-state index in [1.807, 2.05) is 43.5 Å². The van der Waals surface area contributed by atoms with Crippen molar-refractivity contribution in [3.8, 4) is 5.75 Å². The van der Waals surface area contributed by atoms with E-state index >= 15 is 0 Å². The first-order valence-corrected chi connectivity index (χ1v) is 10.4. The molecule has 3 rings (SSSR count). The number of aryl methyl sites for hydroxylation is 2. The maximum Gasteiger partial charge on any atom is 0.226 e. The summed E-state index contributed by atoms with van der Waals surface area (Å²) >= 11 is 1.52. The average Bonchev–Trinajstić information content (AvgIpc) is 3.13. The fraction of sp³-hybridized carbons (Fsp3) is 0.304. The second-order valence-corrected chi connectivity index (χ2v) is 7.84. The molecule has 0 unspecified atom stereocenters. The van der Waals surface area contributed by atoms with Crippen LogP contribution in [0, 0.1) is 6.92 Å². The van der Waals surface area contributed by atoms with E-state index in [1.165, 1.54) is 16.9 Å². The first-order valence-electron chi connectivity index (χ1n) is 9.54. The van der Waals surface area contributed by atoms with Crippen molar-refractivity contribution in [1.29, 1.82) is 0 Å². The third kappa shape index (κ3) is 5.67. The Morgan fingerprint density at radius 2 is 2.00 bits per heavy atom. The van der Waals surface area contributed by atoms with Crippen LogP contribution in [0.25, 0.3) is 0 Å². The van der Waals surface area contributed by atoms with Gasteiger partial charge in [-0.05, 0) is 49.1 Å². The SMILES string of the molecule is CCc1ccc([C@@H](C)NC(=O)Cc2csc(COc3cccc(C)c3)n2)cc1. The highest BCUT2D eigenvalue weighted by Crippen LogP contribution is 2.18. The number of rotatable bonds is 8. The summed E-state index contributed by atoms with van der Waals surface area (Å²) in [4.78, 5) is 16.9. The van der Waals surface area contributed by atoms with Crippen LogP contribution in [0.5, 0.6) is 5.75 Å².